The van der Waals surface area contributed by atoms with Gasteiger partial charge in [-0.1, -0.05) is 13.0 Å². The van der Waals surface area contributed by atoms with Crippen LogP contribution in [-0.2, 0) is 16.0 Å². The molecule has 0 fully saturated rings. The molecule has 0 aromatic heterocycles. The second-order valence-electron chi connectivity index (χ2n) is 5.17. The van der Waals surface area contributed by atoms with Crippen LogP contribution in [0.2, 0.25) is 0 Å². The number of hydrogen-bond acceptors (Lipinski definition) is 3. The minimum absolute atomic E-state index is 0.0588. The lowest BCUT2D eigenvalue weighted by Crippen LogP contribution is -2.20. The molecule has 0 radical (unpaired) electrons. The van der Waals surface area contributed by atoms with Gasteiger partial charge in [0.15, 0.2) is 0 Å². The molecule has 1 amide bonds. The molecule has 1 aromatic rings. The molecule has 0 spiro atoms. The van der Waals surface area contributed by atoms with Gasteiger partial charge in [-0.3, -0.25) is 4.79 Å². The van der Waals surface area contributed by atoms with E-state index in [9.17, 15) is 4.79 Å². The molecule has 1 aromatic carbocycles. The van der Waals surface area contributed by atoms with Crippen molar-refractivity contribution in [2.75, 3.05) is 30.9 Å². The maximum absolute atomic E-state index is 12.0. The molecule has 1 aliphatic heterocycles. The summed E-state index contributed by atoms with van der Waals surface area (Å²) < 4.78 is 5.06. The van der Waals surface area contributed by atoms with Gasteiger partial charge in [-0.15, -0.1) is 0 Å². The molecule has 104 valence electrons. The van der Waals surface area contributed by atoms with E-state index in [1.807, 2.05) is 19.1 Å². The molecule has 19 heavy (non-hydrogen) atoms. The van der Waals surface area contributed by atoms with Crippen molar-refractivity contribution >= 4 is 17.3 Å². The van der Waals surface area contributed by atoms with Gasteiger partial charge in [0.25, 0.3) is 0 Å². The van der Waals surface area contributed by atoms with Crippen molar-refractivity contribution in [3.05, 3.63) is 23.8 Å². The third kappa shape index (κ3) is 3.70. The number of carbonyl (C=O) groups is 1. The smallest absolute Gasteiger partial charge is 0.224 e. The summed E-state index contributed by atoms with van der Waals surface area (Å²) in [5, 5.41) is 6.39. The SMILES string of the molecule is COCC(C)CC(=O)Nc1cccc2c1CCCN2. The number of rotatable bonds is 5. The molecule has 2 rings (SSSR count). The highest BCUT2D eigenvalue weighted by Crippen LogP contribution is 2.29. The van der Waals surface area contributed by atoms with Gasteiger partial charge in [0.1, 0.15) is 0 Å². The summed E-state index contributed by atoms with van der Waals surface area (Å²) in [6.45, 7) is 3.64. The zero-order valence-electron chi connectivity index (χ0n) is 11.7. The fourth-order valence-corrected chi connectivity index (χ4v) is 2.49. The highest BCUT2D eigenvalue weighted by Gasteiger charge is 2.15. The predicted molar refractivity (Wildman–Crippen MR) is 77.5 cm³/mol. The molecule has 4 heteroatoms. The highest BCUT2D eigenvalue weighted by atomic mass is 16.5. The number of methoxy groups -OCH3 is 1. The van der Waals surface area contributed by atoms with Crippen LogP contribution < -0.4 is 10.6 Å². The van der Waals surface area contributed by atoms with E-state index < -0.39 is 0 Å². The third-order valence-electron chi connectivity index (χ3n) is 3.35. The van der Waals surface area contributed by atoms with Crippen molar-refractivity contribution in [3.8, 4) is 0 Å². The molecular weight excluding hydrogens is 240 g/mol. The molecule has 0 saturated heterocycles. The summed E-state index contributed by atoms with van der Waals surface area (Å²) in [4.78, 5) is 12.0. The third-order valence-corrected chi connectivity index (χ3v) is 3.35. The van der Waals surface area contributed by atoms with Crippen LogP contribution in [-0.4, -0.2) is 26.2 Å². The Bertz CT molecular complexity index is 446. The van der Waals surface area contributed by atoms with Crippen molar-refractivity contribution in [1.82, 2.24) is 0 Å². The molecule has 0 bridgehead atoms. The van der Waals surface area contributed by atoms with Crippen LogP contribution in [0.4, 0.5) is 11.4 Å². The van der Waals surface area contributed by atoms with Gasteiger partial charge in [-0.25, -0.2) is 0 Å². The summed E-state index contributed by atoms with van der Waals surface area (Å²) >= 11 is 0. The molecule has 0 saturated carbocycles. The number of carbonyl (C=O) groups excluding carboxylic acids is 1. The average molecular weight is 262 g/mol. The fraction of sp³-hybridized carbons (Fsp3) is 0.533. The lowest BCUT2D eigenvalue weighted by molar-refractivity contribution is -0.117. The summed E-state index contributed by atoms with van der Waals surface area (Å²) in [5.74, 6) is 0.297. The standard InChI is InChI=1S/C15H22N2O2/c1-11(10-19-2)9-15(18)17-14-7-3-6-13-12(14)5-4-8-16-13/h3,6-7,11,16H,4-5,8-10H2,1-2H3,(H,17,18). The Morgan fingerprint density at radius 2 is 2.37 bits per heavy atom. The Hall–Kier alpha value is -1.55. The van der Waals surface area contributed by atoms with E-state index in [0.717, 1.165) is 30.8 Å². The first-order valence-electron chi connectivity index (χ1n) is 6.85. The normalized spacial score (nSPS) is 15.3. The van der Waals surface area contributed by atoms with Crippen LogP contribution in [0.1, 0.15) is 25.3 Å². The summed E-state index contributed by atoms with van der Waals surface area (Å²) in [7, 11) is 1.66. The summed E-state index contributed by atoms with van der Waals surface area (Å²) in [6.07, 6.45) is 2.62. The van der Waals surface area contributed by atoms with Crippen molar-refractivity contribution in [2.24, 2.45) is 5.92 Å². The van der Waals surface area contributed by atoms with E-state index in [-0.39, 0.29) is 11.8 Å². The van der Waals surface area contributed by atoms with Gasteiger partial charge in [0.05, 0.1) is 0 Å². The maximum Gasteiger partial charge on any atom is 0.224 e. The van der Waals surface area contributed by atoms with Crippen molar-refractivity contribution in [2.45, 2.75) is 26.2 Å². The first-order chi connectivity index (χ1) is 9.20. The quantitative estimate of drug-likeness (QED) is 0.857. The van der Waals surface area contributed by atoms with Crippen molar-refractivity contribution < 1.29 is 9.53 Å². The van der Waals surface area contributed by atoms with Crippen molar-refractivity contribution in [1.29, 1.82) is 0 Å². The Morgan fingerprint density at radius 3 is 3.16 bits per heavy atom. The molecular formula is C15H22N2O2. The van der Waals surface area contributed by atoms with E-state index in [0.29, 0.717) is 13.0 Å². The van der Waals surface area contributed by atoms with E-state index in [4.69, 9.17) is 4.74 Å². The lowest BCUT2D eigenvalue weighted by atomic mass is 10.0. The molecule has 1 heterocycles. The van der Waals surface area contributed by atoms with E-state index in [1.54, 1.807) is 7.11 Å². The second kappa shape index (κ2) is 6.57. The monoisotopic (exact) mass is 262 g/mol. The number of nitrogens with one attached hydrogen (secondary N) is 2. The number of amides is 1. The topological polar surface area (TPSA) is 50.4 Å². The number of hydrogen-bond donors (Lipinski definition) is 2. The van der Waals surface area contributed by atoms with Gasteiger partial charge < -0.3 is 15.4 Å². The van der Waals surface area contributed by atoms with Crippen LogP contribution in [0.25, 0.3) is 0 Å². The van der Waals surface area contributed by atoms with Crippen molar-refractivity contribution in [3.63, 3.8) is 0 Å². The zero-order chi connectivity index (χ0) is 13.7. The minimum Gasteiger partial charge on any atom is -0.385 e. The van der Waals surface area contributed by atoms with Crippen LogP contribution in [0.15, 0.2) is 18.2 Å². The van der Waals surface area contributed by atoms with Gasteiger partial charge >= 0.3 is 0 Å². The molecule has 2 N–H and O–H groups in total. The Kier molecular flexibility index (Phi) is 4.80. The second-order valence-corrected chi connectivity index (χ2v) is 5.17. The van der Waals surface area contributed by atoms with E-state index in [2.05, 4.69) is 16.7 Å². The van der Waals surface area contributed by atoms with Gasteiger partial charge in [-0.05, 0) is 36.5 Å². The molecule has 1 unspecified atom stereocenters. The Balaban J connectivity index is 2.01. The van der Waals surface area contributed by atoms with Gasteiger partial charge in [0, 0.05) is 38.1 Å². The Labute approximate surface area is 114 Å². The van der Waals surface area contributed by atoms with Crippen LogP contribution in [0.5, 0.6) is 0 Å². The predicted octanol–water partition coefficient (Wildman–Crippen LogP) is 2.66. The number of anilines is 2. The first-order valence-corrected chi connectivity index (χ1v) is 6.85. The van der Waals surface area contributed by atoms with Crippen LogP contribution in [0.3, 0.4) is 0 Å². The van der Waals surface area contributed by atoms with E-state index in [1.165, 1.54) is 5.56 Å². The fourth-order valence-electron chi connectivity index (χ4n) is 2.49. The van der Waals surface area contributed by atoms with Crippen LogP contribution >= 0.6 is 0 Å². The van der Waals surface area contributed by atoms with Gasteiger partial charge in [0.2, 0.25) is 5.91 Å². The Morgan fingerprint density at radius 1 is 1.53 bits per heavy atom. The average Bonchev–Trinajstić information content (AvgIpc) is 2.39. The van der Waals surface area contributed by atoms with Gasteiger partial charge in [-0.2, -0.15) is 0 Å². The molecule has 4 nitrogen and oxygen atoms in total. The number of fused-ring (bicyclic) bond motifs is 1. The number of benzene rings is 1. The first kappa shape index (κ1) is 13.9. The van der Waals surface area contributed by atoms with E-state index >= 15 is 0 Å². The maximum atomic E-state index is 12.0. The van der Waals surface area contributed by atoms with Crippen LogP contribution in [0, 0.1) is 5.92 Å². The highest BCUT2D eigenvalue weighted by molar-refractivity contribution is 5.92. The zero-order valence-corrected chi connectivity index (χ0v) is 11.7. The molecule has 0 aliphatic carbocycles. The number of ether oxygens (including phenoxy) is 1. The minimum atomic E-state index is 0.0588. The summed E-state index contributed by atoms with van der Waals surface area (Å²) in [6, 6.07) is 6.02. The summed E-state index contributed by atoms with van der Waals surface area (Å²) in [5.41, 5.74) is 3.31. The largest absolute Gasteiger partial charge is 0.385 e. The molecule has 1 aliphatic rings. The lowest BCUT2D eigenvalue weighted by Gasteiger charge is -2.21. The molecule has 1 atom stereocenters.